The number of rotatable bonds is 5. The summed E-state index contributed by atoms with van der Waals surface area (Å²) in [5, 5.41) is 0.522. The van der Waals surface area contributed by atoms with Crippen molar-refractivity contribution in [1.29, 1.82) is 0 Å². The molecule has 0 bridgehead atoms. The van der Waals surface area contributed by atoms with E-state index < -0.39 is 11.6 Å². The number of aryl methyl sites for hydroxylation is 1. The summed E-state index contributed by atoms with van der Waals surface area (Å²) >= 11 is 8.29. The molecule has 1 unspecified atom stereocenters. The number of aromatic nitrogens is 2. The largest absolute Gasteiger partial charge is 2.00 e. The molecule has 3 aromatic rings. The molecule has 226 valence electrons. The Kier molecular flexibility index (Phi) is 7.65. The van der Waals surface area contributed by atoms with E-state index in [1.165, 1.54) is 17.7 Å². The van der Waals surface area contributed by atoms with Crippen molar-refractivity contribution in [2.24, 2.45) is 5.41 Å². The summed E-state index contributed by atoms with van der Waals surface area (Å²) in [6.45, 7) is 10.1. The summed E-state index contributed by atoms with van der Waals surface area (Å²) in [6.07, 6.45) is 3.42. The molecule has 0 N–H and O–H groups in total. The molecule has 2 aromatic carbocycles. The van der Waals surface area contributed by atoms with Crippen LogP contribution >= 0.6 is 11.6 Å². The van der Waals surface area contributed by atoms with E-state index in [2.05, 4.69) is 38.7 Å². The predicted molar refractivity (Wildman–Crippen MR) is 164 cm³/mol. The van der Waals surface area contributed by atoms with Gasteiger partial charge in [-0.25, -0.2) is 4.79 Å². The first-order valence-corrected chi connectivity index (χ1v) is 15.3. The normalized spacial score (nSPS) is 18.8. The number of fused-ring (bicyclic) bond motifs is 2. The topological polar surface area (TPSA) is 116 Å². The van der Waals surface area contributed by atoms with E-state index in [0.717, 1.165) is 73.6 Å². The molecule has 12 heteroatoms. The fraction of sp³-hybridized carbons (Fsp3) is 0.438. The maximum absolute atomic E-state index is 13.7. The van der Waals surface area contributed by atoms with Crippen LogP contribution < -0.4 is 4.90 Å². The van der Waals surface area contributed by atoms with E-state index in [0.29, 0.717) is 16.3 Å². The Labute approximate surface area is 270 Å². The standard InChI is InChI=1S/C32H33ClN5O4.Li.O/c1-31(2,3)42-30(41)37-17-32(18-37)15-36(16-32)22-8-6-20(7-9-22)21-11-23-24(25(33)12-21)13-38(29(23)40)27(14-39)28-26-5-4-10-35(26)19-34-28;;/h6-9,11-12,19,27H,4-5,10,13,15-18H2,1-3H3;;/q;;-2. The van der Waals surface area contributed by atoms with Crippen molar-refractivity contribution >= 4 is 51.5 Å². The zero-order valence-corrected chi connectivity index (χ0v) is 26.2. The molecular formula is C32H33ClLiN5O5-2. The van der Waals surface area contributed by atoms with Gasteiger partial charge in [-0.3, -0.25) is 0 Å². The van der Waals surface area contributed by atoms with Crippen LogP contribution in [-0.4, -0.2) is 85.3 Å². The molecule has 44 heavy (non-hydrogen) atoms. The third kappa shape index (κ3) is 5.22. The van der Waals surface area contributed by atoms with Crippen LogP contribution in [0.25, 0.3) is 11.1 Å². The van der Waals surface area contributed by atoms with Crippen molar-refractivity contribution in [3.8, 4) is 11.1 Å². The van der Waals surface area contributed by atoms with Gasteiger partial charge in [0.2, 0.25) is 0 Å². The summed E-state index contributed by atoms with van der Waals surface area (Å²) in [4.78, 5) is 49.2. The fourth-order valence-electron chi connectivity index (χ4n) is 7.08. The number of carbonyl (C=O) groups is 3. The number of anilines is 1. The van der Waals surface area contributed by atoms with Crippen molar-refractivity contribution in [2.75, 3.05) is 31.1 Å². The molecule has 10 nitrogen and oxygen atoms in total. The Morgan fingerprint density at radius 3 is 2.43 bits per heavy atom. The third-order valence-electron chi connectivity index (χ3n) is 9.08. The summed E-state index contributed by atoms with van der Waals surface area (Å²) < 4.78 is 7.47. The van der Waals surface area contributed by atoms with Crippen LogP contribution in [0, 0.1) is 5.41 Å². The average molecular weight is 610 g/mol. The second-order valence-electron chi connectivity index (χ2n) is 13.5. The zero-order chi connectivity index (χ0) is 30.3. The minimum absolute atomic E-state index is 0. The van der Waals surface area contributed by atoms with Gasteiger partial charge in [-0.1, -0.05) is 0 Å². The van der Waals surface area contributed by atoms with E-state index in [4.69, 9.17) is 16.3 Å². The number of nitrogens with zero attached hydrogens (tertiary/aromatic N) is 5. The molecule has 2 fully saturated rings. The molecule has 2 amide bonds. The van der Waals surface area contributed by atoms with Gasteiger partial charge in [-0.2, -0.15) is 0 Å². The van der Waals surface area contributed by atoms with Crippen LogP contribution in [0.3, 0.4) is 0 Å². The molecule has 5 heterocycles. The van der Waals surface area contributed by atoms with Crippen LogP contribution in [0.2, 0.25) is 5.02 Å². The van der Waals surface area contributed by atoms with E-state index in [9.17, 15) is 14.4 Å². The molecule has 4 aliphatic rings. The summed E-state index contributed by atoms with van der Waals surface area (Å²) in [5.41, 5.74) is 5.62. The first-order valence-electron chi connectivity index (χ1n) is 14.9. The maximum atomic E-state index is 13.7. The van der Waals surface area contributed by atoms with Crippen molar-refractivity contribution in [2.45, 2.75) is 58.3 Å². The van der Waals surface area contributed by atoms with Gasteiger partial charge in [0.1, 0.15) is 5.60 Å². The van der Waals surface area contributed by atoms with E-state index >= 15 is 0 Å². The van der Waals surface area contributed by atoms with Crippen LogP contribution in [0.1, 0.15) is 60.5 Å². The molecule has 0 aliphatic carbocycles. The second kappa shape index (κ2) is 11.0. The summed E-state index contributed by atoms with van der Waals surface area (Å²) in [5.74, 6) is -0.192. The average Bonchev–Trinajstić information content (AvgIpc) is 3.59. The molecular weight excluding hydrogens is 577 g/mol. The molecule has 7 rings (SSSR count). The number of hydrogen-bond acceptors (Lipinski definition) is 6. The number of carbonyl (C=O) groups excluding carboxylic acids is 3. The third-order valence-corrected chi connectivity index (χ3v) is 9.42. The number of amides is 2. The Morgan fingerprint density at radius 2 is 1.77 bits per heavy atom. The van der Waals surface area contributed by atoms with Crippen LogP contribution in [-0.2, 0) is 34.5 Å². The number of halogens is 1. The Bertz CT molecular complexity index is 1650. The number of likely N-dealkylation sites (tertiary alicyclic amines) is 1. The predicted octanol–water partition coefficient (Wildman–Crippen LogP) is 4.48. The van der Waals surface area contributed by atoms with E-state index in [1.807, 2.05) is 32.9 Å². The Hall–Kier alpha value is -3.29. The van der Waals surface area contributed by atoms with Crippen LogP contribution in [0.4, 0.5) is 10.5 Å². The van der Waals surface area contributed by atoms with Crippen LogP contribution in [0.5, 0.6) is 0 Å². The zero-order valence-electron chi connectivity index (χ0n) is 25.4. The van der Waals surface area contributed by atoms with Gasteiger partial charge in [0.05, 0.1) is 0 Å². The van der Waals surface area contributed by atoms with Gasteiger partial charge in [-0.05, 0) is 20.8 Å². The summed E-state index contributed by atoms with van der Waals surface area (Å²) in [6, 6.07) is 11.4. The Balaban J connectivity index is 0.00000343. The minimum Gasteiger partial charge on any atom is -2.00 e. The van der Waals surface area contributed by atoms with Gasteiger partial charge < -0.3 is 15.1 Å². The molecule has 0 saturated carbocycles. The molecule has 4 aliphatic heterocycles. The van der Waals surface area contributed by atoms with Crippen molar-refractivity contribution < 1.29 is 24.6 Å². The van der Waals surface area contributed by atoms with E-state index in [-0.39, 0.29) is 33.9 Å². The van der Waals surface area contributed by atoms with Gasteiger partial charge in [0.25, 0.3) is 0 Å². The van der Waals surface area contributed by atoms with E-state index in [1.54, 1.807) is 16.1 Å². The monoisotopic (exact) mass is 609 g/mol. The van der Waals surface area contributed by atoms with Crippen molar-refractivity contribution in [3.05, 3.63) is 70.3 Å². The van der Waals surface area contributed by atoms with Crippen molar-refractivity contribution in [3.63, 3.8) is 0 Å². The van der Waals surface area contributed by atoms with Crippen LogP contribution in [0.15, 0.2) is 42.7 Å². The fourth-order valence-corrected chi connectivity index (χ4v) is 7.36. The quantitative estimate of drug-likeness (QED) is 0.394. The molecule has 1 spiro atoms. The number of benzene rings is 2. The number of imidazole rings is 1. The number of hydrogen-bond donors (Lipinski definition) is 0. The first kappa shape index (κ1) is 30.7. The van der Waals surface area contributed by atoms with Crippen molar-refractivity contribution in [1.82, 2.24) is 19.4 Å². The SMILES string of the molecule is [Li][C](=O)C(c1ncn2c1CCC2)N1Cc2c(Cl)cc(-c3ccc(N4CC5(CN(C(=O)OC(C)(C)C)C5)C4)cc3)cc2C1=O.[O-2]. The van der Waals surface area contributed by atoms with Gasteiger partial charge in [0.15, 0.2) is 0 Å². The molecule has 2 saturated heterocycles. The Morgan fingerprint density at radius 1 is 1.07 bits per heavy atom. The molecule has 1 aromatic heterocycles. The number of ether oxygens (including phenoxy) is 1. The minimum atomic E-state index is -0.722. The second-order valence-corrected chi connectivity index (χ2v) is 14.0. The van der Waals surface area contributed by atoms with Gasteiger partial charge in [0, 0.05) is 31.6 Å². The van der Waals surface area contributed by atoms with Gasteiger partial charge in [-0.15, -0.1) is 0 Å². The van der Waals surface area contributed by atoms with Gasteiger partial charge >= 0.3 is 194 Å². The smallest absolute Gasteiger partial charge is 2.00 e. The molecule has 1 atom stereocenters. The first-order chi connectivity index (χ1) is 20.4. The summed E-state index contributed by atoms with van der Waals surface area (Å²) in [7, 11) is 0. The molecule has 0 radical (unpaired) electrons. The maximum Gasteiger partial charge on any atom is -2.00 e.